The van der Waals surface area contributed by atoms with Crippen LogP contribution < -0.4 is 11.2 Å². The Morgan fingerprint density at radius 2 is 1.79 bits per heavy atom. The molecule has 4 rings (SSSR count). The van der Waals surface area contributed by atoms with E-state index in [0.29, 0.717) is 27.5 Å². The minimum Gasteiger partial charge on any atom is -0.280 e. The van der Waals surface area contributed by atoms with E-state index < -0.39 is 0 Å². The van der Waals surface area contributed by atoms with Gasteiger partial charge in [0.25, 0.3) is 5.56 Å². The first-order chi connectivity index (χ1) is 13.5. The number of hydrogen-bond acceptors (Lipinski definition) is 3. The highest BCUT2D eigenvalue weighted by molar-refractivity contribution is 7.18. The van der Waals surface area contributed by atoms with Crippen LogP contribution in [0.1, 0.15) is 22.9 Å². The topological polar surface area (TPSA) is 44.0 Å². The van der Waals surface area contributed by atoms with E-state index in [4.69, 9.17) is 11.6 Å². The third kappa shape index (κ3) is 3.32. The van der Waals surface area contributed by atoms with Crippen LogP contribution >= 0.6 is 22.9 Å². The van der Waals surface area contributed by atoms with Gasteiger partial charge in [-0.15, -0.1) is 11.3 Å². The lowest BCUT2D eigenvalue weighted by Crippen LogP contribution is -2.38. The molecule has 0 spiro atoms. The Kier molecular flexibility index (Phi) is 4.96. The molecular formula is C22H19ClN2O2S. The number of hydrogen-bond donors (Lipinski definition) is 0. The van der Waals surface area contributed by atoms with Crippen molar-refractivity contribution in [2.24, 2.45) is 0 Å². The fraction of sp³-hybridized carbons (Fsp3) is 0.182. The van der Waals surface area contributed by atoms with Gasteiger partial charge in [-0.3, -0.25) is 9.36 Å². The third-order valence-electron chi connectivity index (χ3n) is 4.74. The zero-order valence-electron chi connectivity index (χ0n) is 15.6. The molecule has 0 aliphatic carbocycles. The zero-order chi connectivity index (χ0) is 19.8. The molecule has 0 atom stereocenters. The smallest absolute Gasteiger partial charge is 0.280 e. The molecule has 0 radical (unpaired) electrons. The van der Waals surface area contributed by atoms with Crippen molar-refractivity contribution in [3.8, 4) is 5.69 Å². The summed E-state index contributed by atoms with van der Waals surface area (Å²) in [7, 11) is 0. The van der Waals surface area contributed by atoms with Gasteiger partial charge in [-0.1, -0.05) is 54.4 Å². The fourth-order valence-electron chi connectivity index (χ4n) is 3.23. The van der Waals surface area contributed by atoms with Crippen molar-refractivity contribution >= 4 is 33.2 Å². The molecule has 0 aliphatic heterocycles. The molecule has 0 unspecified atom stereocenters. The summed E-state index contributed by atoms with van der Waals surface area (Å²) in [6.45, 7) is 4.48. The van der Waals surface area contributed by atoms with Crippen LogP contribution in [0, 0.1) is 6.92 Å². The van der Waals surface area contributed by atoms with Crippen LogP contribution in [0.5, 0.6) is 0 Å². The minimum absolute atomic E-state index is 0.307. The molecule has 0 aliphatic rings. The number of rotatable bonds is 4. The predicted octanol–water partition coefficient (Wildman–Crippen LogP) is 4.79. The second-order valence-corrected chi connectivity index (χ2v) is 8.31. The van der Waals surface area contributed by atoms with Crippen LogP contribution in [0.15, 0.2) is 64.2 Å². The van der Waals surface area contributed by atoms with Gasteiger partial charge in [-0.05, 0) is 43.2 Å². The number of fused-ring (bicyclic) bond motifs is 1. The van der Waals surface area contributed by atoms with E-state index in [1.807, 2.05) is 44.2 Å². The highest BCUT2D eigenvalue weighted by Crippen LogP contribution is 2.24. The summed E-state index contributed by atoms with van der Waals surface area (Å²) in [4.78, 5) is 28.3. The van der Waals surface area contributed by atoms with Gasteiger partial charge in [0.15, 0.2) is 0 Å². The van der Waals surface area contributed by atoms with Crippen molar-refractivity contribution in [2.45, 2.75) is 26.8 Å². The van der Waals surface area contributed by atoms with E-state index in [1.54, 1.807) is 28.8 Å². The number of aryl methyl sites for hydroxylation is 2. The Labute approximate surface area is 171 Å². The number of aromatic nitrogens is 2. The minimum atomic E-state index is -0.357. The SMILES string of the molecule is CCc1cc2c(=O)n(-c3cccc(Cl)c3)c(=O)n(Cc3ccc(C)cc3)c2s1. The highest BCUT2D eigenvalue weighted by atomic mass is 35.5. The summed E-state index contributed by atoms with van der Waals surface area (Å²) in [5.41, 5.74) is 1.99. The third-order valence-corrected chi connectivity index (χ3v) is 6.28. The van der Waals surface area contributed by atoms with Gasteiger partial charge in [0, 0.05) is 9.90 Å². The first-order valence-corrected chi connectivity index (χ1v) is 10.3. The maximum Gasteiger partial charge on any atom is 0.337 e. The summed E-state index contributed by atoms with van der Waals surface area (Å²) in [5, 5.41) is 1.04. The van der Waals surface area contributed by atoms with Crippen LogP contribution in [0.25, 0.3) is 15.9 Å². The molecule has 0 saturated carbocycles. The summed E-state index contributed by atoms with van der Waals surface area (Å²) in [6.07, 6.45) is 0.814. The Morgan fingerprint density at radius 1 is 1.04 bits per heavy atom. The lowest BCUT2D eigenvalue weighted by Gasteiger charge is -2.12. The van der Waals surface area contributed by atoms with Crippen LogP contribution in [-0.2, 0) is 13.0 Å². The molecule has 0 N–H and O–H groups in total. The van der Waals surface area contributed by atoms with Gasteiger partial charge in [-0.2, -0.15) is 0 Å². The van der Waals surface area contributed by atoms with E-state index in [9.17, 15) is 9.59 Å². The first-order valence-electron chi connectivity index (χ1n) is 9.07. The number of halogens is 1. The Morgan fingerprint density at radius 3 is 2.46 bits per heavy atom. The van der Waals surface area contributed by atoms with Gasteiger partial charge >= 0.3 is 5.69 Å². The van der Waals surface area contributed by atoms with Gasteiger partial charge < -0.3 is 0 Å². The largest absolute Gasteiger partial charge is 0.337 e. The summed E-state index contributed by atoms with van der Waals surface area (Å²) in [5.74, 6) is 0. The van der Waals surface area contributed by atoms with Crippen molar-refractivity contribution < 1.29 is 0 Å². The van der Waals surface area contributed by atoms with Crippen molar-refractivity contribution in [1.29, 1.82) is 0 Å². The fourth-order valence-corrected chi connectivity index (χ4v) is 4.50. The molecule has 142 valence electrons. The average Bonchev–Trinajstić information content (AvgIpc) is 3.12. The molecule has 4 aromatic rings. The van der Waals surface area contributed by atoms with E-state index in [0.717, 1.165) is 22.4 Å². The number of thiophene rings is 1. The highest BCUT2D eigenvalue weighted by Gasteiger charge is 2.17. The monoisotopic (exact) mass is 410 g/mol. The standard InChI is InChI=1S/C22H19ClN2O2S/c1-3-18-12-19-20(26)25(17-6-4-5-16(23)11-17)22(27)24(21(19)28-18)13-15-9-7-14(2)8-10-15/h4-12H,3,13H2,1-2H3. The Hall–Kier alpha value is -2.63. The molecule has 2 aromatic carbocycles. The quantitative estimate of drug-likeness (QED) is 0.485. The summed E-state index contributed by atoms with van der Waals surface area (Å²) in [6, 6.07) is 16.8. The summed E-state index contributed by atoms with van der Waals surface area (Å²) >= 11 is 7.61. The van der Waals surface area contributed by atoms with Gasteiger partial charge in [0.05, 0.1) is 17.6 Å². The van der Waals surface area contributed by atoms with E-state index in [2.05, 4.69) is 0 Å². The van der Waals surface area contributed by atoms with Gasteiger partial charge in [-0.25, -0.2) is 9.36 Å². The normalized spacial score (nSPS) is 11.2. The van der Waals surface area contributed by atoms with E-state index in [-0.39, 0.29) is 11.2 Å². The summed E-state index contributed by atoms with van der Waals surface area (Å²) < 4.78 is 2.90. The van der Waals surface area contributed by atoms with Crippen LogP contribution in [-0.4, -0.2) is 9.13 Å². The first kappa shape index (κ1) is 18.7. The van der Waals surface area contributed by atoms with Crippen molar-refractivity contribution in [2.75, 3.05) is 0 Å². The molecule has 0 bridgehead atoms. The van der Waals surface area contributed by atoms with Crippen LogP contribution in [0.4, 0.5) is 0 Å². The number of nitrogens with zero attached hydrogens (tertiary/aromatic N) is 2. The van der Waals surface area contributed by atoms with Gasteiger partial charge in [0.2, 0.25) is 0 Å². The van der Waals surface area contributed by atoms with Crippen LogP contribution in [0.3, 0.4) is 0 Å². The van der Waals surface area contributed by atoms with Crippen molar-refractivity contribution in [1.82, 2.24) is 9.13 Å². The second kappa shape index (κ2) is 7.41. The van der Waals surface area contributed by atoms with Crippen molar-refractivity contribution in [3.05, 3.63) is 96.5 Å². The van der Waals surface area contributed by atoms with E-state index >= 15 is 0 Å². The Bertz CT molecular complexity index is 1280. The molecule has 2 heterocycles. The molecular weight excluding hydrogens is 392 g/mol. The van der Waals surface area contributed by atoms with Gasteiger partial charge in [0.1, 0.15) is 4.83 Å². The molecule has 2 aromatic heterocycles. The second-order valence-electron chi connectivity index (χ2n) is 6.76. The molecule has 4 nitrogen and oxygen atoms in total. The Balaban J connectivity index is 2.01. The van der Waals surface area contributed by atoms with Crippen molar-refractivity contribution in [3.63, 3.8) is 0 Å². The maximum atomic E-state index is 13.4. The zero-order valence-corrected chi connectivity index (χ0v) is 17.2. The number of benzene rings is 2. The lowest BCUT2D eigenvalue weighted by molar-refractivity contribution is 0.719. The average molecular weight is 411 g/mol. The van der Waals surface area contributed by atoms with Crippen LogP contribution in [0.2, 0.25) is 5.02 Å². The predicted molar refractivity (Wildman–Crippen MR) is 116 cm³/mol. The maximum absolute atomic E-state index is 13.4. The molecule has 0 fully saturated rings. The molecule has 28 heavy (non-hydrogen) atoms. The molecule has 6 heteroatoms. The molecule has 0 amide bonds. The van der Waals surface area contributed by atoms with E-state index in [1.165, 1.54) is 15.9 Å². The lowest BCUT2D eigenvalue weighted by atomic mass is 10.1. The molecule has 0 saturated heterocycles.